The molecule has 2 N–H and O–H groups in total. The van der Waals surface area contributed by atoms with Gasteiger partial charge < -0.3 is 15.1 Å². The van der Waals surface area contributed by atoms with Crippen molar-refractivity contribution in [3.63, 3.8) is 0 Å². The number of piperidine rings is 1. The molecule has 2 aromatic carbocycles. The zero-order valence-corrected chi connectivity index (χ0v) is 17.5. The van der Waals surface area contributed by atoms with E-state index in [1.165, 1.54) is 24.3 Å². The molecule has 164 valence electrons. The molecule has 0 unspecified atom stereocenters. The van der Waals surface area contributed by atoms with Crippen LogP contribution in [-0.4, -0.2) is 46.0 Å². The lowest BCUT2D eigenvalue weighted by atomic mass is 9.94. The van der Waals surface area contributed by atoms with E-state index in [1.54, 1.807) is 42.6 Å². The average Bonchev–Trinajstić information content (AvgIpc) is 2.82. The number of carboxylic acids is 2. The van der Waals surface area contributed by atoms with Crippen LogP contribution in [0.25, 0.3) is 12.2 Å². The molecule has 1 fully saturated rings. The maximum atomic E-state index is 13.3. The number of pyridine rings is 1. The standard InChI is InChI=1S/C26H20N2O5/c29-24-21(13-17-4-8-19(9-5-17)25(30)31)15-28(23-3-1-2-12-27-23)16-22(24)14-18-6-10-20(11-7-18)26(32)33/h1-14H,15-16H2,(H,30,31)(H,32,33)/b21-13+,22-14+. The molecular weight excluding hydrogens is 420 g/mol. The van der Waals surface area contributed by atoms with Crippen LogP contribution < -0.4 is 4.90 Å². The Morgan fingerprint density at radius 2 is 1.24 bits per heavy atom. The van der Waals surface area contributed by atoms with Crippen molar-refractivity contribution >= 4 is 35.7 Å². The first-order valence-electron chi connectivity index (χ1n) is 10.2. The highest BCUT2D eigenvalue weighted by molar-refractivity contribution is 6.15. The first-order chi connectivity index (χ1) is 15.9. The van der Waals surface area contributed by atoms with Crippen molar-refractivity contribution in [3.8, 4) is 0 Å². The van der Waals surface area contributed by atoms with E-state index in [0.717, 1.165) is 16.9 Å². The molecule has 33 heavy (non-hydrogen) atoms. The maximum Gasteiger partial charge on any atom is 0.335 e. The van der Waals surface area contributed by atoms with Crippen molar-refractivity contribution in [1.82, 2.24) is 4.98 Å². The van der Waals surface area contributed by atoms with Gasteiger partial charge in [0.05, 0.1) is 11.1 Å². The summed E-state index contributed by atoms with van der Waals surface area (Å²) in [6, 6.07) is 18.2. The molecular formula is C26H20N2O5. The van der Waals surface area contributed by atoms with Crippen LogP contribution in [0.1, 0.15) is 31.8 Å². The highest BCUT2D eigenvalue weighted by Crippen LogP contribution is 2.25. The molecule has 1 aliphatic heterocycles. The number of carbonyl (C=O) groups excluding carboxylic acids is 1. The van der Waals surface area contributed by atoms with Crippen molar-refractivity contribution in [2.24, 2.45) is 0 Å². The number of hydrogen-bond acceptors (Lipinski definition) is 5. The molecule has 0 amide bonds. The topological polar surface area (TPSA) is 108 Å². The Balaban J connectivity index is 1.70. The minimum atomic E-state index is -1.01. The second-order valence-electron chi connectivity index (χ2n) is 7.57. The van der Waals surface area contributed by atoms with E-state index in [4.69, 9.17) is 10.2 Å². The lowest BCUT2D eigenvalue weighted by Gasteiger charge is -2.30. The van der Waals surface area contributed by atoms with Gasteiger partial charge >= 0.3 is 11.9 Å². The second kappa shape index (κ2) is 9.32. The molecule has 0 spiro atoms. The summed E-state index contributed by atoms with van der Waals surface area (Å²) in [7, 11) is 0. The highest BCUT2D eigenvalue weighted by Gasteiger charge is 2.27. The molecule has 1 aromatic heterocycles. The molecule has 3 aromatic rings. The minimum Gasteiger partial charge on any atom is -0.478 e. The average molecular weight is 440 g/mol. The summed E-state index contributed by atoms with van der Waals surface area (Å²) in [5, 5.41) is 18.2. The Morgan fingerprint density at radius 1 is 0.758 bits per heavy atom. The van der Waals surface area contributed by atoms with Crippen LogP contribution >= 0.6 is 0 Å². The van der Waals surface area contributed by atoms with E-state index in [0.29, 0.717) is 24.2 Å². The van der Waals surface area contributed by atoms with Crippen LogP contribution in [0.3, 0.4) is 0 Å². The number of aromatic carboxylic acids is 2. The van der Waals surface area contributed by atoms with E-state index in [9.17, 15) is 14.4 Å². The molecule has 2 heterocycles. The van der Waals surface area contributed by atoms with E-state index < -0.39 is 11.9 Å². The maximum absolute atomic E-state index is 13.3. The summed E-state index contributed by atoms with van der Waals surface area (Å²) < 4.78 is 0. The van der Waals surface area contributed by atoms with Gasteiger partial charge in [-0.1, -0.05) is 30.3 Å². The number of benzene rings is 2. The second-order valence-corrected chi connectivity index (χ2v) is 7.57. The first-order valence-corrected chi connectivity index (χ1v) is 10.2. The van der Waals surface area contributed by atoms with Crippen LogP contribution in [0.15, 0.2) is 84.1 Å². The third kappa shape index (κ3) is 5.04. The summed E-state index contributed by atoms with van der Waals surface area (Å²) >= 11 is 0. The molecule has 0 saturated carbocycles. The van der Waals surface area contributed by atoms with Crippen LogP contribution in [0.2, 0.25) is 0 Å². The monoisotopic (exact) mass is 440 g/mol. The van der Waals surface area contributed by atoms with Crippen LogP contribution in [-0.2, 0) is 4.79 Å². The summed E-state index contributed by atoms with van der Waals surface area (Å²) in [5.41, 5.74) is 2.87. The van der Waals surface area contributed by atoms with Gasteiger partial charge in [-0.3, -0.25) is 4.79 Å². The number of anilines is 1. The fraction of sp³-hybridized carbons (Fsp3) is 0.0769. The minimum absolute atomic E-state index is 0.119. The predicted molar refractivity (Wildman–Crippen MR) is 124 cm³/mol. The van der Waals surface area contributed by atoms with Crippen molar-refractivity contribution < 1.29 is 24.6 Å². The molecule has 4 rings (SSSR count). The molecule has 7 nitrogen and oxygen atoms in total. The number of ketones is 1. The zero-order valence-electron chi connectivity index (χ0n) is 17.5. The summed E-state index contributed by atoms with van der Waals surface area (Å²) in [4.78, 5) is 41.9. The Labute approximate surface area is 189 Å². The number of hydrogen-bond donors (Lipinski definition) is 2. The molecule has 0 atom stereocenters. The Morgan fingerprint density at radius 3 is 1.64 bits per heavy atom. The van der Waals surface area contributed by atoms with Gasteiger partial charge in [0.2, 0.25) is 0 Å². The van der Waals surface area contributed by atoms with Gasteiger partial charge in [0, 0.05) is 30.4 Å². The Kier molecular flexibility index (Phi) is 6.13. The molecule has 1 saturated heterocycles. The summed E-state index contributed by atoms with van der Waals surface area (Å²) in [6.07, 6.45) is 5.20. The molecule has 0 radical (unpaired) electrons. The number of aromatic nitrogens is 1. The van der Waals surface area contributed by atoms with Crippen molar-refractivity contribution in [1.29, 1.82) is 0 Å². The van der Waals surface area contributed by atoms with E-state index in [1.807, 2.05) is 23.1 Å². The number of Topliss-reactive ketones (excluding diaryl/α,β-unsaturated/α-hetero) is 1. The van der Waals surface area contributed by atoms with Gasteiger partial charge in [-0.15, -0.1) is 0 Å². The van der Waals surface area contributed by atoms with E-state index in [2.05, 4.69) is 4.98 Å². The van der Waals surface area contributed by atoms with Crippen LogP contribution in [0, 0.1) is 0 Å². The van der Waals surface area contributed by atoms with Gasteiger partial charge in [0.15, 0.2) is 5.78 Å². The van der Waals surface area contributed by atoms with Gasteiger partial charge in [-0.2, -0.15) is 0 Å². The molecule has 0 aliphatic carbocycles. The fourth-order valence-electron chi connectivity index (χ4n) is 3.59. The number of rotatable bonds is 5. The van der Waals surface area contributed by atoms with E-state index >= 15 is 0 Å². The summed E-state index contributed by atoms with van der Waals surface area (Å²) in [6.45, 7) is 0.706. The predicted octanol–water partition coefficient (Wildman–Crippen LogP) is 4.03. The fourth-order valence-corrected chi connectivity index (χ4v) is 3.59. The lowest BCUT2D eigenvalue weighted by Crippen LogP contribution is -2.38. The number of carbonyl (C=O) groups is 3. The van der Waals surface area contributed by atoms with Gasteiger partial charge in [0.1, 0.15) is 5.82 Å². The Bertz CT molecular complexity index is 1180. The van der Waals surface area contributed by atoms with Gasteiger partial charge in [-0.05, 0) is 59.7 Å². The third-order valence-electron chi connectivity index (χ3n) is 5.28. The quantitative estimate of drug-likeness (QED) is 0.577. The number of carboxylic acid groups (broad SMARTS) is 2. The molecule has 0 bridgehead atoms. The highest BCUT2D eigenvalue weighted by atomic mass is 16.4. The normalized spacial score (nSPS) is 16.2. The van der Waals surface area contributed by atoms with Crippen molar-refractivity contribution in [2.45, 2.75) is 0 Å². The molecule has 7 heteroatoms. The third-order valence-corrected chi connectivity index (χ3v) is 5.28. The first kappa shape index (κ1) is 21.7. The number of nitrogens with zero attached hydrogens (tertiary/aromatic N) is 2. The zero-order chi connectivity index (χ0) is 23.4. The van der Waals surface area contributed by atoms with Gasteiger partial charge in [-0.25, -0.2) is 14.6 Å². The summed E-state index contributed by atoms with van der Waals surface area (Å²) in [5.74, 6) is -1.41. The van der Waals surface area contributed by atoms with Gasteiger partial charge in [0.25, 0.3) is 0 Å². The van der Waals surface area contributed by atoms with Crippen LogP contribution in [0.4, 0.5) is 5.82 Å². The molecule has 1 aliphatic rings. The van der Waals surface area contributed by atoms with Crippen molar-refractivity contribution in [2.75, 3.05) is 18.0 Å². The lowest BCUT2D eigenvalue weighted by molar-refractivity contribution is -0.112. The largest absolute Gasteiger partial charge is 0.478 e. The Hall–Kier alpha value is -4.52. The van der Waals surface area contributed by atoms with E-state index in [-0.39, 0.29) is 16.9 Å². The van der Waals surface area contributed by atoms with Crippen molar-refractivity contribution in [3.05, 3.63) is 106 Å². The van der Waals surface area contributed by atoms with Crippen LogP contribution in [0.5, 0.6) is 0 Å². The SMILES string of the molecule is O=C1/C(=C/c2ccc(C(=O)O)cc2)CN(c2ccccn2)C/C1=C\c1ccc(C(=O)O)cc1. The smallest absolute Gasteiger partial charge is 0.335 e.